The molecule has 7 nitrogen and oxygen atoms in total. The molecule has 0 bridgehead atoms. The number of hydrogen-bond acceptors (Lipinski definition) is 3. The molecule has 0 radical (unpaired) electrons. The lowest BCUT2D eigenvalue weighted by Crippen LogP contribution is -2.28. The molecule has 0 aliphatic carbocycles. The van der Waals surface area contributed by atoms with Gasteiger partial charge in [-0.3, -0.25) is 4.79 Å². The molecule has 0 atom stereocenters. The van der Waals surface area contributed by atoms with Crippen molar-refractivity contribution in [2.45, 2.75) is 20.4 Å². The first kappa shape index (κ1) is 20.0. The summed E-state index contributed by atoms with van der Waals surface area (Å²) in [6, 6.07) is 7.73. The highest BCUT2D eigenvalue weighted by atomic mass is 19.1. The molecule has 29 heavy (non-hydrogen) atoms. The van der Waals surface area contributed by atoms with E-state index in [0.29, 0.717) is 22.8 Å². The van der Waals surface area contributed by atoms with Crippen LogP contribution in [0.4, 0.5) is 25.0 Å². The van der Waals surface area contributed by atoms with Crippen molar-refractivity contribution in [2.24, 2.45) is 0 Å². The summed E-state index contributed by atoms with van der Waals surface area (Å²) >= 11 is 0. The van der Waals surface area contributed by atoms with Crippen molar-refractivity contribution >= 4 is 23.3 Å². The second-order valence-corrected chi connectivity index (χ2v) is 6.31. The number of hydrogen-bond donors (Lipinski definition) is 3. The highest BCUT2D eigenvalue weighted by molar-refractivity contribution is 5.92. The molecule has 0 saturated carbocycles. The Morgan fingerprint density at radius 3 is 2.52 bits per heavy atom. The molecule has 9 heteroatoms. The van der Waals surface area contributed by atoms with Crippen LogP contribution in [0.15, 0.2) is 48.8 Å². The van der Waals surface area contributed by atoms with Crippen molar-refractivity contribution in [2.75, 3.05) is 10.6 Å². The SMILES string of the molecule is CC(=O)Nc1ccc(F)c(NC(=O)NCc2ccc(-n3ccnc3C)c(F)c2)c1. The standard InChI is InChI=1S/C20H19F2N5O2/c1-12-23-7-8-27(12)19-6-3-14(9-17(19)22)11-24-20(29)26-18-10-15(25-13(2)28)4-5-16(18)21/h3-10H,11H2,1-2H3,(H,25,28)(H2,24,26,29). The van der Waals surface area contributed by atoms with Gasteiger partial charge in [-0.2, -0.15) is 0 Å². The van der Waals surface area contributed by atoms with Crippen LogP contribution < -0.4 is 16.0 Å². The molecule has 3 amide bonds. The van der Waals surface area contributed by atoms with E-state index >= 15 is 0 Å². The Balaban J connectivity index is 1.63. The number of carbonyl (C=O) groups excluding carboxylic acids is 2. The molecule has 0 spiro atoms. The van der Waals surface area contributed by atoms with Crippen molar-refractivity contribution in [3.05, 3.63) is 71.8 Å². The fourth-order valence-electron chi connectivity index (χ4n) is 2.74. The van der Waals surface area contributed by atoms with E-state index in [2.05, 4.69) is 20.9 Å². The molecule has 0 saturated heterocycles. The molecule has 3 N–H and O–H groups in total. The van der Waals surface area contributed by atoms with E-state index in [-0.39, 0.29) is 18.1 Å². The van der Waals surface area contributed by atoms with Crippen LogP contribution in [-0.4, -0.2) is 21.5 Å². The van der Waals surface area contributed by atoms with Crippen LogP contribution in [-0.2, 0) is 11.3 Å². The van der Waals surface area contributed by atoms with E-state index < -0.39 is 17.7 Å². The van der Waals surface area contributed by atoms with Crippen molar-refractivity contribution in [1.82, 2.24) is 14.9 Å². The van der Waals surface area contributed by atoms with Gasteiger partial charge >= 0.3 is 6.03 Å². The van der Waals surface area contributed by atoms with Gasteiger partial charge in [0, 0.05) is 31.5 Å². The number of aromatic nitrogens is 2. The van der Waals surface area contributed by atoms with Gasteiger partial charge in [0.25, 0.3) is 0 Å². The number of nitrogens with one attached hydrogen (secondary N) is 3. The van der Waals surface area contributed by atoms with Crippen LogP contribution >= 0.6 is 0 Å². The Hall–Kier alpha value is -3.75. The predicted octanol–water partition coefficient (Wildman–Crippen LogP) is 3.74. The summed E-state index contributed by atoms with van der Waals surface area (Å²) in [6.07, 6.45) is 3.23. The van der Waals surface area contributed by atoms with Crippen LogP contribution in [0.2, 0.25) is 0 Å². The van der Waals surface area contributed by atoms with E-state index in [9.17, 15) is 18.4 Å². The largest absolute Gasteiger partial charge is 0.334 e. The monoisotopic (exact) mass is 399 g/mol. The number of imidazole rings is 1. The summed E-state index contributed by atoms with van der Waals surface area (Å²) < 4.78 is 29.9. The fraction of sp³-hybridized carbons (Fsp3) is 0.150. The van der Waals surface area contributed by atoms with E-state index in [1.807, 2.05) is 0 Å². The third-order valence-electron chi connectivity index (χ3n) is 4.09. The number of carbonyl (C=O) groups is 2. The summed E-state index contributed by atoms with van der Waals surface area (Å²) in [5, 5.41) is 7.41. The molecular weight excluding hydrogens is 380 g/mol. The highest BCUT2D eigenvalue weighted by Gasteiger charge is 2.11. The van der Waals surface area contributed by atoms with Gasteiger partial charge in [0.15, 0.2) is 0 Å². The molecule has 3 rings (SSSR count). The van der Waals surface area contributed by atoms with E-state index in [4.69, 9.17) is 0 Å². The van der Waals surface area contributed by atoms with Gasteiger partial charge in [-0.15, -0.1) is 0 Å². The minimum atomic E-state index is -0.668. The van der Waals surface area contributed by atoms with E-state index in [1.165, 1.54) is 25.1 Å². The zero-order valence-corrected chi connectivity index (χ0v) is 15.8. The molecule has 3 aromatic rings. The maximum absolute atomic E-state index is 14.4. The van der Waals surface area contributed by atoms with Crippen LogP contribution in [0.25, 0.3) is 5.69 Å². The lowest BCUT2D eigenvalue weighted by molar-refractivity contribution is -0.114. The third-order valence-corrected chi connectivity index (χ3v) is 4.09. The molecule has 1 heterocycles. The smallest absolute Gasteiger partial charge is 0.319 e. The topological polar surface area (TPSA) is 88.0 Å². The maximum Gasteiger partial charge on any atom is 0.319 e. The summed E-state index contributed by atoms with van der Waals surface area (Å²) in [5.41, 5.74) is 1.14. The molecule has 150 valence electrons. The Morgan fingerprint density at radius 2 is 1.86 bits per heavy atom. The lowest BCUT2D eigenvalue weighted by atomic mass is 10.2. The number of halogens is 2. The van der Waals surface area contributed by atoms with Crippen LogP contribution in [0, 0.1) is 18.6 Å². The second kappa shape index (κ2) is 8.51. The number of nitrogens with zero attached hydrogens (tertiary/aromatic N) is 2. The van der Waals surface area contributed by atoms with E-state index in [0.717, 1.165) is 6.07 Å². The number of anilines is 2. The Kier molecular flexibility index (Phi) is 5.87. The Labute approximate surface area is 165 Å². The number of urea groups is 1. The minimum absolute atomic E-state index is 0.0406. The van der Waals surface area contributed by atoms with Crippen molar-refractivity contribution < 1.29 is 18.4 Å². The van der Waals surface area contributed by atoms with Crippen LogP contribution in [0.1, 0.15) is 18.3 Å². The first-order chi connectivity index (χ1) is 13.8. The Morgan fingerprint density at radius 1 is 1.07 bits per heavy atom. The zero-order chi connectivity index (χ0) is 21.0. The zero-order valence-electron chi connectivity index (χ0n) is 15.8. The van der Waals surface area contributed by atoms with Gasteiger partial charge in [-0.1, -0.05) is 6.07 Å². The molecule has 0 aliphatic heterocycles. The summed E-state index contributed by atoms with van der Waals surface area (Å²) in [5.74, 6) is -0.777. The summed E-state index contributed by atoms with van der Waals surface area (Å²) in [4.78, 5) is 27.2. The fourth-order valence-corrected chi connectivity index (χ4v) is 2.74. The highest BCUT2D eigenvalue weighted by Crippen LogP contribution is 2.20. The Bertz CT molecular complexity index is 1060. The van der Waals surface area contributed by atoms with Gasteiger partial charge < -0.3 is 20.5 Å². The second-order valence-electron chi connectivity index (χ2n) is 6.31. The number of amides is 3. The van der Waals surface area contributed by atoms with E-state index in [1.54, 1.807) is 36.0 Å². The van der Waals surface area contributed by atoms with Crippen molar-refractivity contribution in [1.29, 1.82) is 0 Å². The molecule has 0 aliphatic rings. The average Bonchev–Trinajstić information content (AvgIpc) is 3.08. The van der Waals surface area contributed by atoms with Gasteiger partial charge in [0.1, 0.15) is 17.5 Å². The molecule has 0 unspecified atom stereocenters. The van der Waals surface area contributed by atoms with Crippen molar-refractivity contribution in [3.63, 3.8) is 0 Å². The molecule has 2 aromatic carbocycles. The number of aryl methyl sites for hydroxylation is 1. The third kappa shape index (κ3) is 4.95. The van der Waals surface area contributed by atoms with Gasteiger partial charge in [-0.25, -0.2) is 18.6 Å². The summed E-state index contributed by atoms with van der Waals surface area (Å²) in [7, 11) is 0. The lowest BCUT2D eigenvalue weighted by Gasteiger charge is -2.11. The van der Waals surface area contributed by atoms with Crippen LogP contribution in [0.5, 0.6) is 0 Å². The quantitative estimate of drug-likeness (QED) is 0.611. The first-order valence-corrected chi connectivity index (χ1v) is 8.74. The first-order valence-electron chi connectivity index (χ1n) is 8.74. The molecular formula is C20H19F2N5O2. The summed E-state index contributed by atoms with van der Waals surface area (Å²) in [6.45, 7) is 3.12. The molecule has 0 fully saturated rings. The van der Waals surface area contributed by atoms with Crippen molar-refractivity contribution in [3.8, 4) is 5.69 Å². The number of rotatable bonds is 5. The van der Waals surface area contributed by atoms with Gasteiger partial charge in [-0.05, 0) is 42.8 Å². The minimum Gasteiger partial charge on any atom is -0.334 e. The normalized spacial score (nSPS) is 10.5. The van der Waals surface area contributed by atoms with Crippen LogP contribution in [0.3, 0.4) is 0 Å². The maximum atomic E-state index is 14.4. The van der Waals surface area contributed by atoms with Gasteiger partial charge in [0.05, 0.1) is 11.4 Å². The predicted molar refractivity (Wildman–Crippen MR) is 105 cm³/mol. The average molecular weight is 399 g/mol. The van der Waals surface area contributed by atoms with Gasteiger partial charge in [0.2, 0.25) is 5.91 Å². The molecule has 1 aromatic heterocycles. The number of benzene rings is 2.